The van der Waals surface area contributed by atoms with Crippen LogP contribution in [0.2, 0.25) is 0 Å². The highest BCUT2D eigenvalue weighted by atomic mass is 16.3. The van der Waals surface area contributed by atoms with Crippen LogP contribution in [0.3, 0.4) is 0 Å². The quantitative estimate of drug-likeness (QED) is 0.873. The number of pyridine rings is 1. The van der Waals surface area contributed by atoms with Gasteiger partial charge in [-0.25, -0.2) is 4.98 Å². The van der Waals surface area contributed by atoms with E-state index in [1.54, 1.807) is 0 Å². The molecule has 1 aromatic carbocycles. The molecule has 0 unspecified atom stereocenters. The summed E-state index contributed by atoms with van der Waals surface area (Å²) < 4.78 is 0. The average molecular weight is 271 g/mol. The summed E-state index contributed by atoms with van der Waals surface area (Å²) in [4.78, 5) is 7.04. The van der Waals surface area contributed by atoms with Gasteiger partial charge in [-0.3, -0.25) is 0 Å². The topological polar surface area (TPSA) is 62.4 Å². The minimum absolute atomic E-state index is 0.148. The van der Waals surface area contributed by atoms with E-state index in [0.717, 1.165) is 22.3 Å². The van der Waals surface area contributed by atoms with Gasteiger partial charge in [0.15, 0.2) is 0 Å². The van der Waals surface area contributed by atoms with Crippen molar-refractivity contribution in [3.63, 3.8) is 0 Å². The molecule has 1 aliphatic carbocycles. The molecule has 1 aliphatic rings. The van der Waals surface area contributed by atoms with Gasteiger partial charge in [0, 0.05) is 30.1 Å². The molecule has 3 rings (SSSR count). The summed E-state index contributed by atoms with van der Waals surface area (Å²) in [5, 5.41) is 10.5. The monoisotopic (exact) mass is 271 g/mol. The second-order valence-corrected chi connectivity index (χ2v) is 5.37. The molecular formula is C16H21N3O. The average Bonchev–Trinajstić information content (AvgIpc) is 2.43. The molecular weight excluding hydrogens is 250 g/mol. The third-order valence-corrected chi connectivity index (χ3v) is 4.13. The Morgan fingerprint density at radius 1 is 1.30 bits per heavy atom. The van der Waals surface area contributed by atoms with Crippen LogP contribution in [0.4, 0.5) is 5.82 Å². The fraction of sp³-hybridized carbons (Fsp3) is 0.438. The molecule has 0 bridgehead atoms. The molecule has 0 spiro atoms. The Bertz CT molecular complexity index is 595. The molecule has 4 nitrogen and oxygen atoms in total. The maximum Gasteiger partial charge on any atom is 0.134 e. The summed E-state index contributed by atoms with van der Waals surface area (Å²) >= 11 is 0. The molecule has 4 heteroatoms. The molecule has 0 amide bonds. The second kappa shape index (κ2) is 5.77. The van der Waals surface area contributed by atoms with E-state index < -0.39 is 0 Å². The van der Waals surface area contributed by atoms with Crippen molar-refractivity contribution in [2.24, 2.45) is 5.73 Å². The van der Waals surface area contributed by atoms with Crippen LogP contribution in [-0.2, 0) is 6.54 Å². The number of benzene rings is 1. The van der Waals surface area contributed by atoms with Crippen LogP contribution in [0.15, 0.2) is 30.3 Å². The predicted octanol–water partition coefficient (Wildman–Crippen LogP) is 2.04. The van der Waals surface area contributed by atoms with Crippen LogP contribution in [0.25, 0.3) is 10.9 Å². The van der Waals surface area contributed by atoms with E-state index in [4.69, 9.17) is 10.7 Å². The van der Waals surface area contributed by atoms with E-state index in [2.05, 4.69) is 17.0 Å². The van der Waals surface area contributed by atoms with Crippen LogP contribution >= 0.6 is 0 Å². The molecule has 2 aromatic rings. The number of nitrogens with zero attached hydrogens (tertiary/aromatic N) is 2. The summed E-state index contributed by atoms with van der Waals surface area (Å²) in [6.45, 7) is 1.25. The zero-order valence-electron chi connectivity index (χ0n) is 11.6. The maximum atomic E-state index is 9.34. The van der Waals surface area contributed by atoms with E-state index >= 15 is 0 Å². The molecule has 1 saturated carbocycles. The van der Waals surface area contributed by atoms with Gasteiger partial charge in [0.2, 0.25) is 0 Å². The Balaban J connectivity index is 2.06. The summed E-state index contributed by atoms with van der Waals surface area (Å²) in [6.07, 6.45) is 3.62. The highest BCUT2D eigenvalue weighted by molar-refractivity contribution is 5.81. The second-order valence-electron chi connectivity index (χ2n) is 5.37. The summed E-state index contributed by atoms with van der Waals surface area (Å²) in [6, 6.07) is 10.7. The lowest BCUT2D eigenvalue weighted by molar-refractivity contribution is 0.283. The van der Waals surface area contributed by atoms with Crippen LogP contribution in [0, 0.1) is 0 Å². The van der Waals surface area contributed by atoms with Crippen LogP contribution in [-0.4, -0.2) is 29.3 Å². The van der Waals surface area contributed by atoms with Crippen LogP contribution in [0.5, 0.6) is 0 Å². The van der Waals surface area contributed by atoms with E-state index in [1.165, 1.54) is 19.3 Å². The number of aliphatic hydroxyl groups is 1. The predicted molar refractivity (Wildman–Crippen MR) is 81.7 cm³/mol. The standard InChI is InChI=1S/C16H21N3O/c17-11-13-10-12-4-1-2-7-15(12)18-16(13)19(8-9-20)14-5-3-6-14/h1-2,4,7,10,14,20H,3,5-6,8-9,11,17H2. The Labute approximate surface area is 119 Å². The molecule has 0 saturated heterocycles. The molecule has 1 fully saturated rings. The van der Waals surface area contributed by atoms with Gasteiger partial charge in [0.05, 0.1) is 12.1 Å². The lowest BCUT2D eigenvalue weighted by Crippen LogP contribution is -2.43. The minimum atomic E-state index is 0.148. The van der Waals surface area contributed by atoms with Crippen LogP contribution < -0.4 is 10.6 Å². The first-order valence-electron chi connectivity index (χ1n) is 7.29. The fourth-order valence-corrected chi connectivity index (χ4v) is 2.82. The Kier molecular flexibility index (Phi) is 3.85. The normalized spacial score (nSPS) is 15.3. The Hall–Kier alpha value is -1.65. The smallest absolute Gasteiger partial charge is 0.134 e. The first-order valence-corrected chi connectivity index (χ1v) is 7.29. The summed E-state index contributed by atoms with van der Waals surface area (Å²) in [5.74, 6) is 0.949. The number of aliphatic hydroxyl groups excluding tert-OH is 1. The number of nitrogens with two attached hydrogens (primary N) is 1. The van der Waals surface area contributed by atoms with Gasteiger partial charge in [-0.15, -0.1) is 0 Å². The number of fused-ring (bicyclic) bond motifs is 1. The largest absolute Gasteiger partial charge is 0.395 e. The Morgan fingerprint density at radius 3 is 2.75 bits per heavy atom. The van der Waals surface area contributed by atoms with Gasteiger partial charge in [-0.1, -0.05) is 18.2 Å². The fourth-order valence-electron chi connectivity index (χ4n) is 2.82. The Morgan fingerprint density at radius 2 is 2.10 bits per heavy atom. The maximum absolute atomic E-state index is 9.34. The van der Waals surface area contributed by atoms with Crippen molar-refractivity contribution in [3.05, 3.63) is 35.9 Å². The third kappa shape index (κ3) is 2.37. The van der Waals surface area contributed by atoms with E-state index in [-0.39, 0.29) is 6.61 Å². The molecule has 3 N–H and O–H groups in total. The molecule has 20 heavy (non-hydrogen) atoms. The van der Waals surface area contributed by atoms with Gasteiger partial charge in [-0.05, 0) is 31.4 Å². The van der Waals surface area contributed by atoms with Gasteiger partial charge >= 0.3 is 0 Å². The molecule has 0 atom stereocenters. The first-order chi connectivity index (χ1) is 9.83. The van der Waals surface area contributed by atoms with E-state index in [9.17, 15) is 5.11 Å². The highest BCUT2D eigenvalue weighted by Crippen LogP contribution is 2.31. The first kappa shape index (κ1) is 13.3. The van der Waals surface area contributed by atoms with E-state index in [1.807, 2.05) is 18.2 Å². The van der Waals surface area contributed by atoms with Crippen molar-refractivity contribution in [3.8, 4) is 0 Å². The van der Waals surface area contributed by atoms with Crippen molar-refractivity contribution < 1.29 is 5.11 Å². The van der Waals surface area contributed by atoms with Crippen molar-refractivity contribution in [1.29, 1.82) is 0 Å². The SMILES string of the molecule is NCc1cc2ccccc2nc1N(CCO)C1CCC1. The highest BCUT2D eigenvalue weighted by Gasteiger charge is 2.27. The van der Waals surface area contributed by atoms with Crippen molar-refractivity contribution in [1.82, 2.24) is 4.98 Å². The van der Waals surface area contributed by atoms with Gasteiger partial charge < -0.3 is 15.7 Å². The molecule has 1 heterocycles. The lowest BCUT2D eigenvalue weighted by Gasteiger charge is -2.39. The van der Waals surface area contributed by atoms with Crippen molar-refractivity contribution in [2.75, 3.05) is 18.1 Å². The zero-order valence-corrected chi connectivity index (χ0v) is 11.6. The lowest BCUT2D eigenvalue weighted by atomic mass is 9.91. The number of hydrogen-bond donors (Lipinski definition) is 2. The summed E-state index contributed by atoms with van der Waals surface area (Å²) in [7, 11) is 0. The number of anilines is 1. The number of aromatic nitrogens is 1. The van der Waals surface area contributed by atoms with Gasteiger partial charge in [-0.2, -0.15) is 0 Å². The zero-order chi connectivity index (χ0) is 13.9. The molecule has 0 radical (unpaired) electrons. The molecule has 0 aliphatic heterocycles. The third-order valence-electron chi connectivity index (χ3n) is 4.13. The minimum Gasteiger partial charge on any atom is -0.395 e. The van der Waals surface area contributed by atoms with Gasteiger partial charge in [0.1, 0.15) is 5.82 Å². The number of hydrogen-bond acceptors (Lipinski definition) is 4. The van der Waals surface area contributed by atoms with Crippen molar-refractivity contribution >= 4 is 16.7 Å². The number of para-hydroxylation sites is 1. The summed E-state index contributed by atoms with van der Waals surface area (Å²) in [5.41, 5.74) is 7.95. The van der Waals surface area contributed by atoms with E-state index in [0.29, 0.717) is 19.1 Å². The molecule has 106 valence electrons. The molecule has 1 aromatic heterocycles. The number of rotatable bonds is 5. The van der Waals surface area contributed by atoms with Crippen LogP contribution in [0.1, 0.15) is 24.8 Å². The van der Waals surface area contributed by atoms with Crippen molar-refractivity contribution in [2.45, 2.75) is 31.8 Å². The van der Waals surface area contributed by atoms with Gasteiger partial charge in [0.25, 0.3) is 0 Å².